The van der Waals surface area contributed by atoms with Gasteiger partial charge in [-0.05, 0) is 12.8 Å². The van der Waals surface area contributed by atoms with Gasteiger partial charge in [-0.25, -0.2) is 4.79 Å². The molecular weight excluding hydrogens is 232 g/mol. The fourth-order valence-electron chi connectivity index (χ4n) is 1.34. The van der Waals surface area contributed by atoms with Crippen LogP contribution < -0.4 is 0 Å². The number of hydrogen-bond donors (Lipinski definition) is 0. The highest BCUT2D eigenvalue weighted by Gasteiger charge is 2.17. The van der Waals surface area contributed by atoms with Crippen molar-refractivity contribution in [3.63, 3.8) is 0 Å². The quantitative estimate of drug-likeness (QED) is 0.246. The van der Waals surface area contributed by atoms with E-state index >= 15 is 0 Å². The molecule has 0 aromatic carbocycles. The third-order valence-electron chi connectivity index (χ3n) is 2.38. The minimum Gasteiger partial charge on any atom is -0.433 e. The monoisotopic (exact) mass is 258 g/mol. The molecule has 0 aromatic rings. The summed E-state index contributed by atoms with van der Waals surface area (Å²) in [5.74, 6) is -0.467. The summed E-state index contributed by atoms with van der Waals surface area (Å²) in [5.41, 5.74) is 0. The summed E-state index contributed by atoms with van der Waals surface area (Å²) in [6.45, 7) is 10.1. The zero-order valence-electron chi connectivity index (χ0n) is 11.8. The third kappa shape index (κ3) is 8.25. The Bertz CT molecular complexity index is 228. The Morgan fingerprint density at radius 1 is 1.22 bits per heavy atom. The molecule has 0 aromatic heterocycles. The predicted molar refractivity (Wildman–Crippen MR) is 71.0 cm³/mol. The fourth-order valence-corrected chi connectivity index (χ4v) is 1.34. The van der Waals surface area contributed by atoms with Gasteiger partial charge in [0.1, 0.15) is 0 Å². The highest BCUT2D eigenvalue weighted by Crippen LogP contribution is 2.12. The average molecular weight is 258 g/mol. The van der Waals surface area contributed by atoms with E-state index in [0.717, 1.165) is 31.8 Å². The van der Waals surface area contributed by atoms with Gasteiger partial charge in [0, 0.05) is 19.1 Å². The molecule has 0 amide bonds. The van der Waals surface area contributed by atoms with Crippen LogP contribution in [-0.4, -0.2) is 25.2 Å². The molecule has 0 saturated heterocycles. The first kappa shape index (κ1) is 17.1. The van der Waals surface area contributed by atoms with Crippen LogP contribution in [-0.2, 0) is 19.0 Å². The standard InChI is InChI=1S/C14H26O4/c1-5-9-11-16-14(10-6-2)18-13(8-4)17-12(15)7-3/h7,13-14H,3,5-6,8-11H2,1-2,4H3. The van der Waals surface area contributed by atoms with Crippen LogP contribution in [0, 0.1) is 0 Å². The van der Waals surface area contributed by atoms with Gasteiger partial charge in [-0.1, -0.05) is 40.2 Å². The van der Waals surface area contributed by atoms with Crippen LogP contribution in [0.1, 0.15) is 52.9 Å². The number of carbonyl (C=O) groups is 1. The summed E-state index contributed by atoms with van der Waals surface area (Å²) in [7, 11) is 0. The molecule has 4 nitrogen and oxygen atoms in total. The smallest absolute Gasteiger partial charge is 0.332 e. The zero-order chi connectivity index (χ0) is 13.8. The Labute approximate surface area is 110 Å². The summed E-state index contributed by atoms with van der Waals surface area (Å²) >= 11 is 0. The predicted octanol–water partition coefficient (Wildman–Crippen LogP) is 3.41. The van der Waals surface area contributed by atoms with Crippen LogP contribution >= 0.6 is 0 Å². The third-order valence-corrected chi connectivity index (χ3v) is 2.38. The molecule has 0 bridgehead atoms. The van der Waals surface area contributed by atoms with Crippen LogP contribution in [0.15, 0.2) is 12.7 Å². The highest BCUT2D eigenvalue weighted by molar-refractivity contribution is 5.81. The molecule has 18 heavy (non-hydrogen) atoms. The van der Waals surface area contributed by atoms with E-state index < -0.39 is 12.3 Å². The van der Waals surface area contributed by atoms with Crippen molar-refractivity contribution in [2.75, 3.05) is 6.61 Å². The van der Waals surface area contributed by atoms with E-state index in [2.05, 4.69) is 20.4 Å². The van der Waals surface area contributed by atoms with Crippen molar-refractivity contribution in [2.24, 2.45) is 0 Å². The summed E-state index contributed by atoms with van der Waals surface area (Å²) in [6, 6.07) is 0. The molecule has 2 unspecified atom stereocenters. The Morgan fingerprint density at radius 2 is 1.94 bits per heavy atom. The Kier molecular flexibility index (Phi) is 10.7. The van der Waals surface area contributed by atoms with Crippen LogP contribution in [0.4, 0.5) is 0 Å². The van der Waals surface area contributed by atoms with E-state index in [9.17, 15) is 4.79 Å². The summed E-state index contributed by atoms with van der Waals surface area (Å²) in [6.07, 6.45) is 4.72. The minimum atomic E-state index is -0.561. The van der Waals surface area contributed by atoms with Crippen molar-refractivity contribution >= 4 is 5.97 Å². The summed E-state index contributed by atoms with van der Waals surface area (Å²) in [5, 5.41) is 0. The van der Waals surface area contributed by atoms with Gasteiger partial charge in [0.25, 0.3) is 0 Å². The van der Waals surface area contributed by atoms with Gasteiger partial charge in [-0.3, -0.25) is 0 Å². The Hall–Kier alpha value is -0.870. The van der Waals surface area contributed by atoms with Crippen molar-refractivity contribution in [1.82, 2.24) is 0 Å². The molecule has 0 aliphatic heterocycles. The van der Waals surface area contributed by atoms with Gasteiger partial charge < -0.3 is 14.2 Å². The topological polar surface area (TPSA) is 44.8 Å². The van der Waals surface area contributed by atoms with Crippen molar-refractivity contribution in [3.8, 4) is 0 Å². The van der Waals surface area contributed by atoms with Crippen LogP contribution in [0.5, 0.6) is 0 Å². The van der Waals surface area contributed by atoms with Crippen molar-refractivity contribution < 1.29 is 19.0 Å². The first-order valence-corrected chi connectivity index (χ1v) is 6.77. The lowest BCUT2D eigenvalue weighted by atomic mass is 10.3. The molecule has 0 N–H and O–H groups in total. The number of ether oxygens (including phenoxy) is 3. The molecule has 0 rings (SSSR count). The number of hydrogen-bond acceptors (Lipinski definition) is 4. The molecule has 0 aliphatic carbocycles. The van der Waals surface area contributed by atoms with Crippen molar-refractivity contribution in [2.45, 2.75) is 65.5 Å². The second-order valence-corrected chi connectivity index (χ2v) is 4.06. The molecule has 4 heteroatoms. The fraction of sp³-hybridized carbons (Fsp3) is 0.786. The molecule has 0 heterocycles. The SMILES string of the molecule is C=CC(=O)OC(CC)OC(CCC)OCCCC. The number of unbranched alkanes of at least 4 members (excludes halogenated alkanes) is 1. The van der Waals surface area contributed by atoms with Crippen molar-refractivity contribution in [3.05, 3.63) is 12.7 Å². The maximum atomic E-state index is 11.1. The molecule has 2 atom stereocenters. The summed E-state index contributed by atoms with van der Waals surface area (Å²) < 4.78 is 16.4. The lowest BCUT2D eigenvalue weighted by molar-refractivity contribution is -0.241. The van der Waals surface area contributed by atoms with Gasteiger partial charge in [-0.2, -0.15) is 0 Å². The van der Waals surface area contributed by atoms with E-state index in [4.69, 9.17) is 14.2 Å². The maximum absolute atomic E-state index is 11.1. The van der Waals surface area contributed by atoms with Crippen molar-refractivity contribution in [1.29, 1.82) is 0 Å². The van der Waals surface area contributed by atoms with Crippen LogP contribution in [0.25, 0.3) is 0 Å². The minimum absolute atomic E-state index is 0.302. The first-order valence-electron chi connectivity index (χ1n) is 6.77. The largest absolute Gasteiger partial charge is 0.433 e. The second kappa shape index (κ2) is 11.2. The van der Waals surface area contributed by atoms with Gasteiger partial charge in [0.05, 0.1) is 0 Å². The lowest BCUT2D eigenvalue weighted by Gasteiger charge is -2.23. The summed E-state index contributed by atoms with van der Waals surface area (Å²) in [4.78, 5) is 11.1. The molecule has 0 radical (unpaired) electrons. The van der Waals surface area contributed by atoms with Gasteiger partial charge in [0.2, 0.25) is 6.29 Å². The lowest BCUT2D eigenvalue weighted by Crippen LogP contribution is -2.28. The van der Waals surface area contributed by atoms with E-state index in [1.807, 2.05) is 6.92 Å². The number of carbonyl (C=O) groups excluding carboxylic acids is 1. The van der Waals surface area contributed by atoms with E-state index in [1.54, 1.807) is 0 Å². The Morgan fingerprint density at radius 3 is 2.44 bits per heavy atom. The normalized spacial score (nSPS) is 13.9. The number of esters is 1. The number of rotatable bonds is 11. The second-order valence-electron chi connectivity index (χ2n) is 4.06. The van der Waals surface area contributed by atoms with Gasteiger partial charge in [0.15, 0.2) is 6.29 Å². The Balaban J connectivity index is 4.15. The molecule has 0 aliphatic rings. The van der Waals surface area contributed by atoms with E-state index in [-0.39, 0.29) is 6.29 Å². The van der Waals surface area contributed by atoms with E-state index in [0.29, 0.717) is 13.0 Å². The zero-order valence-corrected chi connectivity index (χ0v) is 11.8. The molecular formula is C14H26O4. The molecule has 0 fully saturated rings. The maximum Gasteiger partial charge on any atom is 0.332 e. The molecule has 106 valence electrons. The molecule has 0 saturated carbocycles. The van der Waals surface area contributed by atoms with Gasteiger partial charge in [-0.15, -0.1) is 0 Å². The highest BCUT2D eigenvalue weighted by atomic mass is 16.8. The van der Waals surface area contributed by atoms with Crippen LogP contribution in [0.2, 0.25) is 0 Å². The first-order chi connectivity index (χ1) is 8.67. The average Bonchev–Trinajstić information content (AvgIpc) is 2.38. The molecule has 0 spiro atoms. The van der Waals surface area contributed by atoms with E-state index in [1.165, 1.54) is 0 Å². The van der Waals surface area contributed by atoms with Gasteiger partial charge >= 0.3 is 5.97 Å². The van der Waals surface area contributed by atoms with Crippen LogP contribution in [0.3, 0.4) is 0 Å².